The van der Waals surface area contributed by atoms with Gasteiger partial charge in [-0.05, 0) is 35.4 Å². The highest BCUT2D eigenvalue weighted by molar-refractivity contribution is 6.29. The van der Waals surface area contributed by atoms with E-state index in [9.17, 15) is 14.9 Å². The molecule has 0 bridgehead atoms. The number of carbonyl (C=O) groups excluding carboxylic acids is 1. The number of hydrogen-bond donors (Lipinski definition) is 0. The fraction of sp³-hybridized carbons (Fsp3) is 0.158. The van der Waals surface area contributed by atoms with Crippen LogP contribution >= 0.6 is 11.6 Å². The van der Waals surface area contributed by atoms with Crippen LogP contribution in [0.3, 0.4) is 0 Å². The minimum absolute atomic E-state index is 0.128. The molecule has 9 heteroatoms. The van der Waals surface area contributed by atoms with Crippen molar-refractivity contribution < 1.29 is 9.72 Å². The lowest BCUT2D eigenvalue weighted by molar-refractivity contribution is -0.385. The zero-order valence-corrected chi connectivity index (χ0v) is 15.3. The average Bonchev–Trinajstić information content (AvgIpc) is 3.12. The van der Waals surface area contributed by atoms with E-state index in [1.54, 1.807) is 47.8 Å². The summed E-state index contributed by atoms with van der Waals surface area (Å²) >= 11 is 5.91. The summed E-state index contributed by atoms with van der Waals surface area (Å²) in [6.07, 6.45) is 4.73. The minimum atomic E-state index is -0.523. The molecule has 3 aromatic heterocycles. The largest absolute Gasteiger partial charge is 0.334 e. The van der Waals surface area contributed by atoms with Gasteiger partial charge in [-0.3, -0.25) is 19.9 Å². The van der Waals surface area contributed by atoms with Gasteiger partial charge in [0.2, 0.25) is 5.91 Å². The molecule has 0 radical (unpaired) electrons. The summed E-state index contributed by atoms with van der Waals surface area (Å²) in [5.41, 5.74) is 3.05. The quantitative estimate of drug-likeness (QED) is 0.382. The maximum Gasteiger partial charge on any atom is 0.291 e. The number of fused-ring (bicyclic) bond motifs is 1. The number of pyridine rings is 3. The highest BCUT2D eigenvalue weighted by atomic mass is 35.5. The second-order valence-corrected chi connectivity index (χ2v) is 6.75. The summed E-state index contributed by atoms with van der Waals surface area (Å²) in [4.78, 5) is 37.7. The molecule has 4 rings (SSSR count). The summed E-state index contributed by atoms with van der Waals surface area (Å²) < 4.78 is 0. The highest BCUT2D eigenvalue weighted by Gasteiger charge is 2.27. The van der Waals surface area contributed by atoms with Crippen LogP contribution in [0.15, 0.2) is 48.9 Å². The molecule has 0 saturated carbocycles. The third-order valence-electron chi connectivity index (χ3n) is 4.55. The predicted molar refractivity (Wildman–Crippen MR) is 101 cm³/mol. The van der Waals surface area contributed by atoms with Crippen molar-refractivity contribution in [1.82, 2.24) is 19.9 Å². The molecule has 4 heterocycles. The van der Waals surface area contributed by atoms with Crippen molar-refractivity contribution >= 4 is 23.2 Å². The van der Waals surface area contributed by atoms with Gasteiger partial charge in [-0.1, -0.05) is 11.6 Å². The normalized spacial score (nSPS) is 12.7. The lowest BCUT2D eigenvalue weighted by Gasteiger charge is -2.15. The number of nitro groups is 1. The number of amides is 1. The molecule has 0 aliphatic carbocycles. The molecule has 1 amide bonds. The van der Waals surface area contributed by atoms with Gasteiger partial charge in [-0.25, -0.2) is 9.97 Å². The van der Waals surface area contributed by atoms with Crippen molar-refractivity contribution in [2.75, 3.05) is 0 Å². The first-order chi connectivity index (χ1) is 13.5. The Balaban J connectivity index is 1.60. The van der Waals surface area contributed by atoms with Crippen LogP contribution in [-0.4, -0.2) is 30.7 Å². The topological polar surface area (TPSA) is 102 Å². The van der Waals surface area contributed by atoms with Crippen molar-refractivity contribution in [3.8, 4) is 11.3 Å². The van der Waals surface area contributed by atoms with E-state index in [0.29, 0.717) is 23.9 Å². The van der Waals surface area contributed by atoms with E-state index in [0.717, 1.165) is 16.7 Å². The minimum Gasteiger partial charge on any atom is -0.334 e. The smallest absolute Gasteiger partial charge is 0.291 e. The Labute approximate surface area is 165 Å². The molecule has 0 spiro atoms. The van der Waals surface area contributed by atoms with Gasteiger partial charge in [0, 0.05) is 43.3 Å². The number of halogens is 1. The SMILES string of the molecule is O=C(Cc1nc(-c2cccnc2)ccc1[N+](=O)[O-])N1Cc2cnc(Cl)cc2C1. The second kappa shape index (κ2) is 7.32. The second-order valence-electron chi connectivity index (χ2n) is 6.36. The highest BCUT2D eigenvalue weighted by Crippen LogP contribution is 2.27. The van der Waals surface area contributed by atoms with Crippen LogP contribution in [0, 0.1) is 10.1 Å². The van der Waals surface area contributed by atoms with Gasteiger partial charge < -0.3 is 4.90 Å². The van der Waals surface area contributed by atoms with Crippen LogP contribution in [0.5, 0.6) is 0 Å². The third kappa shape index (κ3) is 3.54. The van der Waals surface area contributed by atoms with Crippen molar-refractivity contribution in [3.63, 3.8) is 0 Å². The van der Waals surface area contributed by atoms with Crippen LogP contribution in [0.2, 0.25) is 5.15 Å². The standard InChI is InChI=1S/C19H14ClN5O3/c20-18-6-13-10-24(11-14(13)9-22-18)19(26)7-16-17(25(27)28)4-3-15(23-16)12-2-1-5-21-8-12/h1-6,8-9H,7,10-11H2. The molecule has 1 aliphatic rings. The Morgan fingerprint density at radius 1 is 1.21 bits per heavy atom. The Kier molecular flexibility index (Phi) is 4.70. The van der Waals surface area contributed by atoms with E-state index in [2.05, 4.69) is 15.0 Å². The first-order valence-corrected chi connectivity index (χ1v) is 8.85. The Morgan fingerprint density at radius 3 is 2.79 bits per heavy atom. The summed E-state index contributed by atoms with van der Waals surface area (Å²) in [7, 11) is 0. The van der Waals surface area contributed by atoms with E-state index < -0.39 is 4.92 Å². The van der Waals surface area contributed by atoms with Gasteiger partial charge in [-0.15, -0.1) is 0 Å². The lowest BCUT2D eigenvalue weighted by Crippen LogP contribution is -2.27. The molecule has 8 nitrogen and oxygen atoms in total. The van der Waals surface area contributed by atoms with E-state index >= 15 is 0 Å². The zero-order chi connectivity index (χ0) is 19.7. The monoisotopic (exact) mass is 395 g/mol. The fourth-order valence-electron chi connectivity index (χ4n) is 3.15. The Morgan fingerprint density at radius 2 is 2.04 bits per heavy atom. The number of nitrogens with zero attached hydrogens (tertiary/aromatic N) is 5. The maximum absolute atomic E-state index is 12.8. The molecule has 0 N–H and O–H groups in total. The third-order valence-corrected chi connectivity index (χ3v) is 4.75. The molecule has 0 saturated heterocycles. The maximum atomic E-state index is 12.8. The predicted octanol–water partition coefficient (Wildman–Crippen LogP) is 3.19. The van der Waals surface area contributed by atoms with Gasteiger partial charge in [-0.2, -0.15) is 0 Å². The van der Waals surface area contributed by atoms with Crippen LogP contribution in [0.1, 0.15) is 16.8 Å². The first kappa shape index (κ1) is 18.0. The lowest BCUT2D eigenvalue weighted by atomic mass is 10.1. The molecular weight excluding hydrogens is 382 g/mol. The Bertz CT molecular complexity index is 1070. The molecule has 3 aromatic rings. The molecule has 0 aromatic carbocycles. The number of hydrogen-bond acceptors (Lipinski definition) is 6. The van der Waals surface area contributed by atoms with Gasteiger partial charge in [0.15, 0.2) is 0 Å². The van der Waals surface area contributed by atoms with Crippen LogP contribution < -0.4 is 0 Å². The van der Waals surface area contributed by atoms with E-state index in [1.165, 1.54) is 6.07 Å². The van der Waals surface area contributed by atoms with Crippen LogP contribution in [0.25, 0.3) is 11.3 Å². The molecule has 1 aliphatic heterocycles. The molecule has 0 unspecified atom stereocenters. The average molecular weight is 396 g/mol. The van der Waals surface area contributed by atoms with Crippen molar-refractivity contribution in [1.29, 1.82) is 0 Å². The molecule has 0 atom stereocenters. The number of aromatic nitrogens is 3. The first-order valence-electron chi connectivity index (χ1n) is 8.47. The van der Waals surface area contributed by atoms with E-state index in [4.69, 9.17) is 11.6 Å². The van der Waals surface area contributed by atoms with Gasteiger partial charge in [0.1, 0.15) is 10.8 Å². The van der Waals surface area contributed by atoms with Gasteiger partial charge >= 0.3 is 0 Å². The molecule has 0 fully saturated rings. The summed E-state index contributed by atoms with van der Waals surface area (Å²) in [5, 5.41) is 11.8. The van der Waals surface area contributed by atoms with Gasteiger partial charge in [0.05, 0.1) is 17.0 Å². The molecule has 28 heavy (non-hydrogen) atoms. The van der Waals surface area contributed by atoms with Crippen LogP contribution in [-0.2, 0) is 24.3 Å². The van der Waals surface area contributed by atoms with E-state index in [1.807, 2.05) is 0 Å². The van der Waals surface area contributed by atoms with Crippen molar-refractivity contribution in [3.05, 3.63) is 81.0 Å². The van der Waals surface area contributed by atoms with E-state index in [-0.39, 0.29) is 23.7 Å². The van der Waals surface area contributed by atoms with Gasteiger partial charge in [0.25, 0.3) is 5.69 Å². The number of rotatable bonds is 4. The number of carbonyl (C=O) groups is 1. The Hall–Kier alpha value is -3.39. The molecule has 140 valence electrons. The fourth-order valence-corrected chi connectivity index (χ4v) is 3.33. The van der Waals surface area contributed by atoms with Crippen molar-refractivity contribution in [2.45, 2.75) is 19.5 Å². The molecular formula is C19H14ClN5O3. The summed E-state index contributed by atoms with van der Waals surface area (Å²) in [6, 6.07) is 8.22. The van der Waals surface area contributed by atoms with Crippen LogP contribution in [0.4, 0.5) is 5.69 Å². The summed E-state index contributed by atoms with van der Waals surface area (Å²) in [5.74, 6) is -0.244. The summed E-state index contributed by atoms with van der Waals surface area (Å²) in [6.45, 7) is 0.793. The zero-order valence-electron chi connectivity index (χ0n) is 14.6. The van der Waals surface area contributed by atoms with Crippen molar-refractivity contribution in [2.24, 2.45) is 0 Å².